The van der Waals surface area contributed by atoms with Crippen LogP contribution >= 0.6 is 0 Å². The van der Waals surface area contributed by atoms with E-state index in [2.05, 4.69) is 5.32 Å². The molecule has 1 amide bonds. The van der Waals surface area contributed by atoms with Crippen LogP contribution in [0.25, 0.3) is 0 Å². The minimum Gasteiger partial charge on any atom is -0.391 e. The number of carbonyl (C=O) groups excluding carboxylic acids is 1. The second-order valence-electron chi connectivity index (χ2n) is 5.15. The third kappa shape index (κ3) is 2.75. The fraction of sp³-hybridized carbons (Fsp3) is 0.500. The summed E-state index contributed by atoms with van der Waals surface area (Å²) >= 11 is 0. The molecule has 1 aromatic carbocycles. The number of benzene rings is 1. The molecule has 1 heterocycles. The van der Waals surface area contributed by atoms with E-state index in [1.54, 1.807) is 0 Å². The van der Waals surface area contributed by atoms with Crippen molar-refractivity contribution in [3.05, 3.63) is 29.3 Å². The zero-order valence-electron chi connectivity index (χ0n) is 11.5. The number of β-amino-alcohol motifs (C(OH)–C–C–N with tert-alkyl or cyclic N) is 1. The van der Waals surface area contributed by atoms with Crippen molar-refractivity contribution in [2.45, 2.75) is 19.4 Å². The van der Waals surface area contributed by atoms with Crippen molar-refractivity contribution >= 4 is 11.6 Å². The molecule has 0 saturated carbocycles. The maximum absolute atomic E-state index is 13.7. The third-order valence-corrected chi connectivity index (χ3v) is 3.74. The molecule has 2 unspecified atom stereocenters. The van der Waals surface area contributed by atoms with Crippen LogP contribution in [0, 0.1) is 17.6 Å². The normalized spacial score (nSPS) is 22.8. The van der Waals surface area contributed by atoms with Crippen molar-refractivity contribution < 1.29 is 18.7 Å². The Morgan fingerprint density at radius 2 is 2.00 bits per heavy atom. The summed E-state index contributed by atoms with van der Waals surface area (Å²) in [6.45, 7) is 2.58. The van der Waals surface area contributed by atoms with Crippen LogP contribution in [0.2, 0.25) is 0 Å². The SMILES string of the molecule is CNc1c(F)cc(C(=O)N2CCC(C)C(O)C2)cc1F. The molecule has 110 valence electrons. The first kappa shape index (κ1) is 14.7. The van der Waals surface area contributed by atoms with Crippen LogP contribution in [0.4, 0.5) is 14.5 Å². The monoisotopic (exact) mass is 284 g/mol. The highest BCUT2D eigenvalue weighted by atomic mass is 19.1. The quantitative estimate of drug-likeness (QED) is 0.871. The van der Waals surface area contributed by atoms with Crippen molar-refractivity contribution in [3.63, 3.8) is 0 Å². The number of piperidine rings is 1. The number of likely N-dealkylation sites (tertiary alicyclic amines) is 1. The third-order valence-electron chi connectivity index (χ3n) is 3.74. The molecule has 2 N–H and O–H groups in total. The van der Waals surface area contributed by atoms with E-state index < -0.39 is 23.6 Å². The lowest BCUT2D eigenvalue weighted by atomic mass is 9.95. The zero-order chi connectivity index (χ0) is 14.9. The molecule has 1 aromatic rings. The lowest BCUT2D eigenvalue weighted by Crippen LogP contribution is -2.45. The lowest BCUT2D eigenvalue weighted by Gasteiger charge is -2.34. The second-order valence-corrected chi connectivity index (χ2v) is 5.15. The summed E-state index contributed by atoms with van der Waals surface area (Å²) in [5.74, 6) is -1.95. The molecule has 1 saturated heterocycles. The van der Waals surface area contributed by atoms with Crippen molar-refractivity contribution in [1.29, 1.82) is 0 Å². The Morgan fingerprint density at radius 1 is 1.40 bits per heavy atom. The van der Waals surface area contributed by atoms with E-state index >= 15 is 0 Å². The average molecular weight is 284 g/mol. The Labute approximate surface area is 116 Å². The minimum absolute atomic E-state index is 0.0410. The largest absolute Gasteiger partial charge is 0.391 e. The van der Waals surface area contributed by atoms with Gasteiger partial charge in [-0.05, 0) is 24.5 Å². The summed E-state index contributed by atoms with van der Waals surface area (Å²) in [7, 11) is 1.41. The van der Waals surface area contributed by atoms with Gasteiger partial charge in [0.25, 0.3) is 5.91 Å². The molecule has 0 radical (unpaired) electrons. The summed E-state index contributed by atoms with van der Waals surface area (Å²) in [4.78, 5) is 13.6. The number of hydrogen-bond donors (Lipinski definition) is 2. The van der Waals surface area contributed by atoms with Crippen LogP contribution in [0.1, 0.15) is 23.7 Å². The predicted octanol–water partition coefficient (Wildman–Crippen LogP) is 1.85. The molecule has 20 heavy (non-hydrogen) atoms. The first-order valence-electron chi connectivity index (χ1n) is 6.58. The molecule has 1 aliphatic rings. The van der Waals surface area contributed by atoms with Crippen molar-refractivity contribution in [3.8, 4) is 0 Å². The fourth-order valence-corrected chi connectivity index (χ4v) is 2.35. The molecule has 2 rings (SSSR count). The van der Waals surface area contributed by atoms with Crippen molar-refractivity contribution in [2.24, 2.45) is 5.92 Å². The summed E-state index contributed by atoms with van der Waals surface area (Å²) < 4.78 is 27.3. The highest BCUT2D eigenvalue weighted by molar-refractivity contribution is 5.94. The molecule has 0 aliphatic carbocycles. The molecule has 1 aliphatic heterocycles. The van der Waals surface area contributed by atoms with E-state index in [-0.39, 0.29) is 23.7 Å². The van der Waals surface area contributed by atoms with Gasteiger partial charge in [0, 0.05) is 25.7 Å². The number of anilines is 1. The van der Waals surface area contributed by atoms with Crippen LogP contribution in [-0.4, -0.2) is 42.2 Å². The van der Waals surface area contributed by atoms with Crippen LogP contribution in [0.3, 0.4) is 0 Å². The molecule has 0 spiro atoms. The molecular formula is C14H18F2N2O2. The van der Waals surface area contributed by atoms with Gasteiger partial charge in [-0.15, -0.1) is 0 Å². The Morgan fingerprint density at radius 3 is 2.50 bits per heavy atom. The minimum atomic E-state index is -0.804. The molecular weight excluding hydrogens is 266 g/mol. The van der Waals surface area contributed by atoms with E-state index in [4.69, 9.17) is 0 Å². The van der Waals surface area contributed by atoms with Gasteiger partial charge in [0.05, 0.1) is 6.10 Å². The predicted molar refractivity (Wildman–Crippen MR) is 71.6 cm³/mol. The first-order valence-corrected chi connectivity index (χ1v) is 6.58. The summed E-state index contributed by atoms with van der Waals surface area (Å²) in [6, 6.07) is 2.03. The summed E-state index contributed by atoms with van der Waals surface area (Å²) in [5.41, 5.74) is -0.297. The fourth-order valence-electron chi connectivity index (χ4n) is 2.35. The van der Waals surface area contributed by atoms with E-state index in [0.29, 0.717) is 13.0 Å². The number of nitrogens with one attached hydrogen (secondary N) is 1. The average Bonchev–Trinajstić information content (AvgIpc) is 2.40. The van der Waals surface area contributed by atoms with E-state index in [1.807, 2.05) is 6.92 Å². The van der Waals surface area contributed by atoms with Gasteiger partial charge in [-0.3, -0.25) is 4.79 Å². The van der Waals surface area contributed by atoms with Gasteiger partial charge in [0.15, 0.2) is 0 Å². The highest BCUT2D eigenvalue weighted by Gasteiger charge is 2.28. The number of rotatable bonds is 2. The molecule has 6 heteroatoms. The van der Waals surface area contributed by atoms with Gasteiger partial charge >= 0.3 is 0 Å². The van der Waals surface area contributed by atoms with Crippen molar-refractivity contribution in [2.75, 3.05) is 25.5 Å². The van der Waals surface area contributed by atoms with Crippen LogP contribution in [-0.2, 0) is 0 Å². The Hall–Kier alpha value is -1.69. The Bertz CT molecular complexity index is 499. The smallest absolute Gasteiger partial charge is 0.254 e. The number of aliphatic hydroxyl groups excluding tert-OH is 1. The number of halogens is 2. The maximum Gasteiger partial charge on any atom is 0.254 e. The van der Waals surface area contributed by atoms with Gasteiger partial charge in [0.1, 0.15) is 17.3 Å². The molecule has 0 aromatic heterocycles. The number of aliphatic hydroxyl groups is 1. The molecule has 1 fully saturated rings. The van der Waals surface area contributed by atoms with E-state index in [0.717, 1.165) is 12.1 Å². The van der Waals surface area contributed by atoms with Crippen LogP contribution < -0.4 is 5.32 Å². The molecule has 0 bridgehead atoms. The van der Waals surface area contributed by atoms with Crippen LogP contribution in [0.5, 0.6) is 0 Å². The second kappa shape index (κ2) is 5.75. The zero-order valence-corrected chi connectivity index (χ0v) is 11.5. The molecule has 2 atom stereocenters. The molecule has 4 nitrogen and oxygen atoms in total. The van der Waals surface area contributed by atoms with Gasteiger partial charge in [-0.1, -0.05) is 6.92 Å². The van der Waals surface area contributed by atoms with E-state index in [1.165, 1.54) is 11.9 Å². The van der Waals surface area contributed by atoms with Gasteiger partial charge < -0.3 is 15.3 Å². The standard InChI is InChI=1S/C14H18F2N2O2/c1-8-3-4-18(7-12(8)19)14(20)9-5-10(15)13(17-2)11(16)6-9/h5-6,8,12,17,19H,3-4,7H2,1-2H3. The van der Waals surface area contributed by atoms with Gasteiger partial charge in [-0.25, -0.2) is 8.78 Å². The summed E-state index contributed by atoms with van der Waals surface area (Å²) in [6.07, 6.45) is 0.0749. The van der Waals surface area contributed by atoms with Gasteiger partial charge in [-0.2, -0.15) is 0 Å². The Balaban J connectivity index is 2.21. The number of hydrogen-bond acceptors (Lipinski definition) is 3. The first-order chi connectivity index (χ1) is 9.43. The number of carbonyl (C=O) groups is 1. The maximum atomic E-state index is 13.7. The van der Waals surface area contributed by atoms with E-state index in [9.17, 15) is 18.7 Å². The highest BCUT2D eigenvalue weighted by Crippen LogP contribution is 2.23. The van der Waals surface area contributed by atoms with Crippen molar-refractivity contribution in [1.82, 2.24) is 4.90 Å². The lowest BCUT2D eigenvalue weighted by molar-refractivity contribution is 0.0248. The van der Waals surface area contributed by atoms with Crippen LogP contribution in [0.15, 0.2) is 12.1 Å². The number of nitrogens with zero attached hydrogens (tertiary/aromatic N) is 1. The van der Waals surface area contributed by atoms with Gasteiger partial charge in [0.2, 0.25) is 0 Å². The topological polar surface area (TPSA) is 52.6 Å². The summed E-state index contributed by atoms with van der Waals surface area (Å²) in [5, 5.41) is 12.2. The number of amides is 1. The Kier molecular flexibility index (Phi) is 4.23.